The zero-order valence-electron chi connectivity index (χ0n) is 17.5. The first-order valence-electron chi connectivity index (χ1n) is 10.9. The predicted octanol–water partition coefficient (Wildman–Crippen LogP) is 3.47. The number of ether oxygens (including phenoxy) is 1. The van der Waals surface area contributed by atoms with E-state index in [1.54, 1.807) is 12.1 Å². The van der Waals surface area contributed by atoms with E-state index in [0.29, 0.717) is 24.3 Å². The monoisotopic (exact) mass is 410 g/mol. The van der Waals surface area contributed by atoms with E-state index >= 15 is 0 Å². The van der Waals surface area contributed by atoms with Crippen LogP contribution < -0.4 is 5.32 Å². The van der Waals surface area contributed by atoms with E-state index in [1.807, 2.05) is 24.3 Å². The fourth-order valence-electron chi connectivity index (χ4n) is 4.99. The molecule has 1 aliphatic carbocycles. The number of carbonyl (C=O) groups is 2. The minimum absolute atomic E-state index is 0.00724. The van der Waals surface area contributed by atoms with Crippen LogP contribution in [0.5, 0.6) is 5.75 Å². The molecule has 0 aromatic heterocycles. The van der Waals surface area contributed by atoms with Crippen LogP contribution in [0, 0.1) is 5.92 Å². The molecule has 2 aromatic rings. The molecule has 4 rings (SSSR count). The highest BCUT2D eigenvalue weighted by molar-refractivity contribution is 6.03. The molecule has 0 spiro atoms. The summed E-state index contributed by atoms with van der Waals surface area (Å²) in [5.74, 6) is 0.0413. The van der Waals surface area contributed by atoms with Gasteiger partial charge in [0.05, 0.1) is 12.7 Å². The predicted molar refractivity (Wildman–Crippen MR) is 115 cm³/mol. The lowest BCUT2D eigenvalue weighted by Crippen LogP contribution is -2.41. The first kappa shape index (κ1) is 20.7. The standard InChI is InChI=1S/C24H30N2O4/c1-30-24(29)21-13-18(15-26(21)14-16-7-3-2-4-8-16)25-23(28)20-12-11-17-9-5-6-10-19(17)22(20)27/h5-6,9-12,16,18,21,27H,2-4,7-8,13-15H2,1H3,(H,25,28)/t18-,21+/m0/s1. The Kier molecular flexibility index (Phi) is 6.23. The Morgan fingerprint density at radius 1 is 1.13 bits per heavy atom. The number of nitrogens with one attached hydrogen (secondary N) is 1. The summed E-state index contributed by atoms with van der Waals surface area (Å²) in [5.41, 5.74) is 0.258. The van der Waals surface area contributed by atoms with Gasteiger partial charge in [0.1, 0.15) is 11.8 Å². The van der Waals surface area contributed by atoms with E-state index in [-0.39, 0.29) is 35.3 Å². The molecule has 2 fully saturated rings. The van der Waals surface area contributed by atoms with Crippen molar-refractivity contribution >= 4 is 22.6 Å². The Hall–Kier alpha value is -2.60. The van der Waals surface area contributed by atoms with Crippen LogP contribution in [0.3, 0.4) is 0 Å². The van der Waals surface area contributed by atoms with Gasteiger partial charge in [0.2, 0.25) is 0 Å². The quantitative estimate of drug-likeness (QED) is 0.738. The summed E-state index contributed by atoms with van der Waals surface area (Å²) in [7, 11) is 1.42. The first-order chi connectivity index (χ1) is 14.6. The Morgan fingerprint density at radius 2 is 1.90 bits per heavy atom. The van der Waals surface area contributed by atoms with Gasteiger partial charge in [-0.15, -0.1) is 0 Å². The molecule has 6 nitrogen and oxygen atoms in total. The van der Waals surface area contributed by atoms with E-state index in [1.165, 1.54) is 39.2 Å². The minimum Gasteiger partial charge on any atom is -0.506 e. The van der Waals surface area contributed by atoms with Gasteiger partial charge >= 0.3 is 5.97 Å². The number of phenolic OH excluding ortho intramolecular Hbond substituents is 1. The number of rotatable bonds is 5. The third-order valence-corrected chi connectivity index (χ3v) is 6.57. The molecular formula is C24H30N2O4. The molecule has 0 unspecified atom stereocenters. The summed E-state index contributed by atoms with van der Waals surface area (Å²) in [6.07, 6.45) is 6.73. The maximum Gasteiger partial charge on any atom is 0.323 e. The molecule has 2 atom stereocenters. The zero-order valence-corrected chi connectivity index (χ0v) is 17.5. The van der Waals surface area contributed by atoms with Crippen molar-refractivity contribution in [2.45, 2.75) is 50.6 Å². The topological polar surface area (TPSA) is 78.9 Å². The van der Waals surface area contributed by atoms with Gasteiger partial charge in [-0.05, 0) is 36.6 Å². The number of hydrogen-bond donors (Lipinski definition) is 2. The highest BCUT2D eigenvalue weighted by atomic mass is 16.5. The summed E-state index contributed by atoms with van der Waals surface area (Å²) in [4.78, 5) is 27.4. The lowest BCUT2D eigenvalue weighted by atomic mass is 9.89. The van der Waals surface area contributed by atoms with Crippen molar-refractivity contribution in [2.24, 2.45) is 5.92 Å². The van der Waals surface area contributed by atoms with Gasteiger partial charge in [0, 0.05) is 24.5 Å². The van der Waals surface area contributed by atoms with Crippen LogP contribution >= 0.6 is 0 Å². The highest BCUT2D eigenvalue weighted by Gasteiger charge is 2.39. The molecule has 0 bridgehead atoms. The maximum absolute atomic E-state index is 12.9. The van der Waals surface area contributed by atoms with Crippen molar-refractivity contribution in [1.29, 1.82) is 0 Å². The average molecular weight is 411 g/mol. The van der Waals surface area contributed by atoms with E-state index in [4.69, 9.17) is 4.74 Å². The Morgan fingerprint density at radius 3 is 2.67 bits per heavy atom. The van der Waals surface area contributed by atoms with Gasteiger partial charge in [-0.25, -0.2) is 0 Å². The molecule has 2 N–H and O–H groups in total. The summed E-state index contributed by atoms with van der Waals surface area (Å²) < 4.78 is 5.03. The molecular weight excluding hydrogens is 380 g/mol. The molecule has 1 amide bonds. The number of amides is 1. The second-order valence-corrected chi connectivity index (χ2v) is 8.59. The van der Waals surface area contributed by atoms with Gasteiger partial charge in [-0.1, -0.05) is 49.6 Å². The second kappa shape index (κ2) is 9.04. The Labute approximate surface area is 177 Å². The number of benzene rings is 2. The van der Waals surface area contributed by atoms with Crippen LogP contribution in [0.15, 0.2) is 36.4 Å². The smallest absolute Gasteiger partial charge is 0.323 e. The largest absolute Gasteiger partial charge is 0.506 e. The fourth-order valence-corrected chi connectivity index (χ4v) is 4.99. The van der Waals surface area contributed by atoms with Crippen molar-refractivity contribution in [3.8, 4) is 5.75 Å². The molecule has 6 heteroatoms. The number of likely N-dealkylation sites (tertiary alicyclic amines) is 1. The van der Waals surface area contributed by atoms with Crippen LogP contribution in [-0.2, 0) is 9.53 Å². The lowest BCUT2D eigenvalue weighted by Gasteiger charge is -2.29. The average Bonchev–Trinajstić information content (AvgIpc) is 3.16. The summed E-state index contributed by atoms with van der Waals surface area (Å²) in [6.45, 7) is 1.49. The number of nitrogens with zero attached hydrogens (tertiary/aromatic N) is 1. The first-order valence-corrected chi connectivity index (χ1v) is 10.9. The number of esters is 1. The molecule has 1 heterocycles. The van der Waals surface area contributed by atoms with Crippen molar-refractivity contribution in [2.75, 3.05) is 20.2 Å². The summed E-state index contributed by atoms with van der Waals surface area (Å²) >= 11 is 0. The third-order valence-electron chi connectivity index (χ3n) is 6.57. The molecule has 1 saturated carbocycles. The summed E-state index contributed by atoms with van der Waals surface area (Å²) in [6, 6.07) is 10.4. The molecule has 30 heavy (non-hydrogen) atoms. The molecule has 2 aliphatic rings. The number of phenols is 1. The van der Waals surface area contributed by atoms with Crippen molar-refractivity contribution in [1.82, 2.24) is 10.2 Å². The summed E-state index contributed by atoms with van der Waals surface area (Å²) in [5, 5.41) is 15.2. The molecule has 160 valence electrons. The SMILES string of the molecule is COC(=O)[C@H]1C[C@H](NC(=O)c2ccc3ccccc3c2O)CN1CC1CCCCC1. The second-order valence-electron chi connectivity index (χ2n) is 8.59. The normalized spacial score (nSPS) is 22.8. The van der Waals surface area contributed by atoms with Crippen LogP contribution in [0.1, 0.15) is 48.9 Å². The maximum atomic E-state index is 12.9. The van der Waals surface area contributed by atoms with Gasteiger partial charge in [-0.3, -0.25) is 14.5 Å². The number of fused-ring (bicyclic) bond motifs is 1. The lowest BCUT2D eigenvalue weighted by molar-refractivity contribution is -0.146. The van der Waals surface area contributed by atoms with Gasteiger partial charge in [0.25, 0.3) is 5.91 Å². The van der Waals surface area contributed by atoms with Crippen LogP contribution in [-0.4, -0.2) is 54.2 Å². The van der Waals surface area contributed by atoms with Crippen molar-refractivity contribution in [3.63, 3.8) is 0 Å². The minimum atomic E-state index is -0.326. The van der Waals surface area contributed by atoms with Gasteiger partial charge in [0.15, 0.2) is 0 Å². The third kappa shape index (κ3) is 4.29. The number of hydrogen-bond acceptors (Lipinski definition) is 5. The molecule has 2 aromatic carbocycles. The molecule has 0 radical (unpaired) electrons. The van der Waals surface area contributed by atoms with E-state index in [0.717, 1.165) is 11.9 Å². The Balaban J connectivity index is 1.46. The number of carbonyl (C=O) groups excluding carboxylic acids is 2. The highest BCUT2D eigenvalue weighted by Crippen LogP contribution is 2.30. The number of aromatic hydroxyl groups is 1. The van der Waals surface area contributed by atoms with Crippen LogP contribution in [0.2, 0.25) is 0 Å². The van der Waals surface area contributed by atoms with Crippen LogP contribution in [0.25, 0.3) is 10.8 Å². The van der Waals surface area contributed by atoms with E-state index < -0.39 is 0 Å². The molecule has 1 aliphatic heterocycles. The van der Waals surface area contributed by atoms with Gasteiger partial charge < -0.3 is 15.2 Å². The van der Waals surface area contributed by atoms with E-state index in [9.17, 15) is 14.7 Å². The van der Waals surface area contributed by atoms with Gasteiger partial charge in [-0.2, -0.15) is 0 Å². The Bertz CT molecular complexity index is 923. The van der Waals surface area contributed by atoms with Crippen molar-refractivity contribution < 1.29 is 19.4 Å². The van der Waals surface area contributed by atoms with E-state index in [2.05, 4.69) is 10.2 Å². The fraction of sp³-hybridized carbons (Fsp3) is 0.500. The van der Waals surface area contributed by atoms with Crippen LogP contribution in [0.4, 0.5) is 0 Å². The molecule has 1 saturated heterocycles. The number of methoxy groups -OCH3 is 1. The zero-order chi connectivity index (χ0) is 21.1. The van der Waals surface area contributed by atoms with Crippen molar-refractivity contribution in [3.05, 3.63) is 42.0 Å².